The van der Waals surface area contributed by atoms with E-state index in [0.717, 1.165) is 19.3 Å². The van der Waals surface area contributed by atoms with Gasteiger partial charge in [-0.15, -0.1) is 0 Å². The molecule has 0 saturated heterocycles. The maximum atomic E-state index is 11.2. The third-order valence-electron chi connectivity index (χ3n) is 2.45. The van der Waals surface area contributed by atoms with Gasteiger partial charge in [0.1, 0.15) is 5.25 Å². The molecule has 0 aliphatic heterocycles. The smallest absolute Gasteiger partial charge is 0.317 e. The van der Waals surface area contributed by atoms with Crippen molar-refractivity contribution in [1.29, 1.82) is 0 Å². The van der Waals surface area contributed by atoms with Gasteiger partial charge >= 0.3 is 5.97 Å². The van der Waals surface area contributed by atoms with Crippen molar-refractivity contribution in [3.05, 3.63) is 0 Å². The molecule has 1 N–H and O–H groups in total. The highest BCUT2D eigenvalue weighted by Crippen LogP contribution is 2.59. The molecule has 0 aromatic carbocycles. The Morgan fingerprint density at radius 1 is 0.909 bits per heavy atom. The fourth-order valence-electron chi connectivity index (χ4n) is 1.46. The van der Waals surface area contributed by atoms with E-state index in [-0.39, 0.29) is 5.25 Å². The normalized spacial score (nSPS) is 12.5. The van der Waals surface area contributed by atoms with Crippen LogP contribution in [0.2, 0.25) is 0 Å². The summed E-state index contributed by atoms with van der Waals surface area (Å²) in [6.07, 6.45) is 8.00. The van der Waals surface area contributed by atoms with E-state index >= 15 is 0 Å². The molecule has 0 rings (SSSR count). The molecule has 1 atom stereocenters. The molecule has 0 amide bonds. The number of unbranched alkanes of at least 4 members (excludes halogenated alkanes) is 5. The minimum atomic E-state index is -0.684. The Labute approximate surface area is 172 Å². The molecule has 0 saturated carbocycles. The second-order valence-corrected chi connectivity index (χ2v) is 19.7. The summed E-state index contributed by atoms with van der Waals surface area (Å²) in [6, 6.07) is 0. The standard InChI is InChI=1S/C10H20O2S10/c1-2-3-4-5-6-7-8-9(10(11)12)14-16-18-20-22-21-19-17-15-13/h9,13H,2-8H2,1H3,(H,11,12). The van der Waals surface area contributed by atoms with Crippen molar-refractivity contribution in [3.8, 4) is 0 Å². The lowest BCUT2D eigenvalue weighted by Crippen LogP contribution is -2.14. The molecule has 22 heavy (non-hydrogen) atoms. The third-order valence-corrected chi connectivity index (χ3v) is 20.6. The van der Waals surface area contributed by atoms with Crippen LogP contribution in [0, 0.1) is 0 Å². The Kier molecular flexibility index (Phi) is 23.0. The molecule has 0 radical (unpaired) electrons. The third kappa shape index (κ3) is 17.8. The molecule has 132 valence electrons. The number of rotatable bonds is 17. The van der Waals surface area contributed by atoms with Gasteiger partial charge in [0.15, 0.2) is 0 Å². The SMILES string of the molecule is CCCCCCCCC(SSSSSSSSSS)C(=O)O. The number of hydrogen-bond acceptors (Lipinski definition) is 11. The van der Waals surface area contributed by atoms with E-state index in [1.54, 1.807) is 68.8 Å². The zero-order valence-corrected chi connectivity index (χ0v) is 20.2. The fraction of sp³-hybridized carbons (Fsp3) is 0.900. The van der Waals surface area contributed by atoms with Crippen LogP contribution in [0.4, 0.5) is 0 Å². The minimum absolute atomic E-state index is 0.285. The van der Waals surface area contributed by atoms with Crippen molar-refractivity contribution in [3.63, 3.8) is 0 Å². The topological polar surface area (TPSA) is 37.3 Å². The van der Waals surface area contributed by atoms with Gasteiger partial charge in [-0.2, -0.15) is 0 Å². The van der Waals surface area contributed by atoms with Crippen molar-refractivity contribution in [2.45, 2.75) is 57.1 Å². The van der Waals surface area contributed by atoms with Crippen molar-refractivity contribution < 1.29 is 9.90 Å². The molecule has 0 aliphatic carbocycles. The number of carboxylic acid groups (broad SMARTS) is 1. The van der Waals surface area contributed by atoms with Crippen LogP contribution in [-0.4, -0.2) is 16.3 Å². The molecule has 2 nitrogen and oxygen atoms in total. The summed E-state index contributed by atoms with van der Waals surface area (Å²) in [5.74, 6) is -0.684. The zero-order chi connectivity index (χ0) is 16.5. The maximum Gasteiger partial charge on any atom is 0.317 e. The van der Waals surface area contributed by atoms with Crippen molar-refractivity contribution in [1.82, 2.24) is 0 Å². The van der Waals surface area contributed by atoms with E-state index in [4.69, 9.17) is 0 Å². The van der Waals surface area contributed by atoms with E-state index in [1.165, 1.54) is 46.3 Å². The van der Waals surface area contributed by atoms with Gasteiger partial charge in [-0.1, -0.05) is 67.9 Å². The first-order valence-electron chi connectivity index (χ1n) is 6.58. The lowest BCUT2D eigenvalue weighted by atomic mass is 10.1. The van der Waals surface area contributed by atoms with E-state index in [0.29, 0.717) is 0 Å². The van der Waals surface area contributed by atoms with Crippen LogP contribution >= 0.6 is 101 Å². The molecular weight excluding hydrogens is 473 g/mol. The fourth-order valence-corrected chi connectivity index (χ4v) is 21.6. The Balaban J connectivity index is 3.50. The Hall–Kier alpha value is 2.97. The Bertz CT molecular complexity index is 258. The van der Waals surface area contributed by atoms with Gasteiger partial charge in [-0.05, 0) is 85.0 Å². The number of hydrogen-bond donors (Lipinski definition) is 2. The van der Waals surface area contributed by atoms with Crippen LogP contribution in [0.1, 0.15) is 51.9 Å². The van der Waals surface area contributed by atoms with Crippen LogP contribution in [0.5, 0.6) is 0 Å². The highest BCUT2D eigenvalue weighted by molar-refractivity contribution is 9.52. The molecular formula is C10H20O2S10. The molecule has 0 aliphatic rings. The predicted molar refractivity (Wildman–Crippen MR) is 127 cm³/mol. The Morgan fingerprint density at radius 2 is 1.45 bits per heavy atom. The van der Waals surface area contributed by atoms with Crippen LogP contribution in [0.15, 0.2) is 0 Å². The average molecular weight is 493 g/mol. The first-order chi connectivity index (χ1) is 10.7. The van der Waals surface area contributed by atoms with Crippen molar-refractivity contribution in [2.75, 3.05) is 0 Å². The molecule has 0 fully saturated rings. The van der Waals surface area contributed by atoms with Crippen LogP contribution in [-0.2, 0) is 4.79 Å². The van der Waals surface area contributed by atoms with E-state index < -0.39 is 5.97 Å². The van der Waals surface area contributed by atoms with Crippen LogP contribution in [0.3, 0.4) is 0 Å². The summed E-state index contributed by atoms with van der Waals surface area (Å²) >= 11 is 4.03. The van der Waals surface area contributed by atoms with Gasteiger partial charge in [0.2, 0.25) is 0 Å². The molecule has 0 bridgehead atoms. The van der Waals surface area contributed by atoms with Crippen LogP contribution in [0.25, 0.3) is 0 Å². The van der Waals surface area contributed by atoms with E-state index in [9.17, 15) is 9.90 Å². The highest BCUT2D eigenvalue weighted by Gasteiger charge is 2.18. The molecule has 0 aromatic rings. The number of thiol groups is 1. The van der Waals surface area contributed by atoms with Crippen molar-refractivity contribution >= 4 is 107 Å². The van der Waals surface area contributed by atoms with Crippen LogP contribution < -0.4 is 0 Å². The summed E-state index contributed by atoms with van der Waals surface area (Å²) in [4.78, 5) is 11.2. The molecule has 0 aromatic heterocycles. The monoisotopic (exact) mass is 492 g/mol. The summed E-state index contributed by atoms with van der Waals surface area (Å²) in [6.45, 7) is 2.21. The summed E-state index contributed by atoms with van der Waals surface area (Å²) in [7, 11) is 14.5. The number of aliphatic carboxylic acids is 1. The zero-order valence-electron chi connectivity index (χ0n) is 12.0. The van der Waals surface area contributed by atoms with Gasteiger partial charge < -0.3 is 5.11 Å². The second kappa shape index (κ2) is 20.3. The lowest BCUT2D eigenvalue weighted by Gasteiger charge is -2.10. The molecule has 1 unspecified atom stereocenters. The summed E-state index contributed by atoms with van der Waals surface area (Å²) in [5.41, 5.74) is 0. The Morgan fingerprint density at radius 3 is 2.05 bits per heavy atom. The quantitative estimate of drug-likeness (QED) is 0.116. The largest absolute Gasteiger partial charge is 0.480 e. The van der Waals surface area contributed by atoms with E-state index in [1.807, 2.05) is 0 Å². The van der Waals surface area contributed by atoms with Gasteiger partial charge in [0.25, 0.3) is 0 Å². The minimum Gasteiger partial charge on any atom is -0.480 e. The second-order valence-electron chi connectivity index (χ2n) is 4.03. The first kappa shape index (κ1) is 25.0. The first-order valence-corrected chi connectivity index (χ1v) is 19.2. The molecule has 12 heteroatoms. The maximum absolute atomic E-state index is 11.2. The summed E-state index contributed by atoms with van der Waals surface area (Å²) in [5, 5.41) is 8.95. The average Bonchev–Trinajstić information content (AvgIpc) is 2.50. The van der Waals surface area contributed by atoms with Crippen molar-refractivity contribution in [2.24, 2.45) is 0 Å². The van der Waals surface area contributed by atoms with Gasteiger partial charge in [0.05, 0.1) is 0 Å². The predicted octanol–water partition coefficient (Wildman–Crippen LogP) is 8.95. The molecule has 0 spiro atoms. The number of carboxylic acids is 1. The van der Waals surface area contributed by atoms with Gasteiger partial charge in [-0.3, -0.25) is 4.79 Å². The summed E-state index contributed by atoms with van der Waals surface area (Å²) < 4.78 is 0. The van der Waals surface area contributed by atoms with Gasteiger partial charge in [-0.25, -0.2) is 0 Å². The van der Waals surface area contributed by atoms with E-state index in [2.05, 4.69) is 18.6 Å². The highest BCUT2D eigenvalue weighted by atomic mass is 34.0. The number of carbonyl (C=O) groups is 1. The lowest BCUT2D eigenvalue weighted by molar-refractivity contribution is -0.136. The van der Waals surface area contributed by atoms with Gasteiger partial charge in [0, 0.05) is 0 Å². The molecule has 0 heterocycles.